The number of nitrogens with one attached hydrogen (secondary N) is 2. The van der Waals surface area contributed by atoms with Gasteiger partial charge in [-0.2, -0.15) is 0 Å². The summed E-state index contributed by atoms with van der Waals surface area (Å²) in [6, 6.07) is 11.3. The second-order valence-electron chi connectivity index (χ2n) is 6.76. The Morgan fingerprint density at radius 3 is 2.77 bits per heavy atom. The largest absolute Gasteiger partial charge is 0.481 e. The van der Waals surface area contributed by atoms with Crippen molar-refractivity contribution in [2.45, 2.75) is 0 Å². The third kappa shape index (κ3) is 4.01. The maximum Gasteiger partial charge on any atom is 0.278 e. The van der Waals surface area contributed by atoms with Crippen LogP contribution in [0.4, 0.5) is 17.2 Å². The maximum atomic E-state index is 13.0. The molecule has 30 heavy (non-hydrogen) atoms. The van der Waals surface area contributed by atoms with Crippen LogP contribution in [0.2, 0.25) is 0 Å². The van der Waals surface area contributed by atoms with Crippen LogP contribution in [0.15, 0.2) is 48.8 Å². The minimum absolute atomic E-state index is 0.0496. The van der Waals surface area contributed by atoms with Crippen molar-refractivity contribution < 1.29 is 9.53 Å². The molecule has 0 spiro atoms. The van der Waals surface area contributed by atoms with E-state index in [0.717, 1.165) is 31.9 Å². The molecule has 1 fully saturated rings. The third-order valence-electron chi connectivity index (χ3n) is 4.87. The van der Waals surface area contributed by atoms with Gasteiger partial charge in [0, 0.05) is 32.4 Å². The summed E-state index contributed by atoms with van der Waals surface area (Å²) in [4.78, 5) is 28.0. The molecule has 1 aliphatic heterocycles. The Labute approximate surface area is 174 Å². The Hall–Kier alpha value is -3.72. The lowest BCUT2D eigenvalue weighted by atomic mass is 10.2. The van der Waals surface area contributed by atoms with E-state index < -0.39 is 5.91 Å². The van der Waals surface area contributed by atoms with Crippen LogP contribution < -0.4 is 26.0 Å². The molecule has 1 saturated heterocycles. The van der Waals surface area contributed by atoms with Crippen molar-refractivity contribution in [1.29, 1.82) is 0 Å². The first-order valence-electron chi connectivity index (χ1n) is 9.65. The predicted molar refractivity (Wildman–Crippen MR) is 116 cm³/mol. The fourth-order valence-corrected chi connectivity index (χ4v) is 3.39. The van der Waals surface area contributed by atoms with Crippen LogP contribution in [0.5, 0.6) is 5.88 Å². The van der Waals surface area contributed by atoms with E-state index in [1.165, 1.54) is 13.3 Å². The first-order chi connectivity index (χ1) is 14.7. The average molecular weight is 405 g/mol. The Balaban J connectivity index is 1.63. The summed E-state index contributed by atoms with van der Waals surface area (Å²) < 4.78 is 5.29. The average Bonchev–Trinajstić information content (AvgIpc) is 2.80. The Bertz CT molecular complexity index is 1050. The molecule has 0 saturated carbocycles. The van der Waals surface area contributed by atoms with Crippen molar-refractivity contribution in [3.05, 3.63) is 54.5 Å². The molecular weight excluding hydrogens is 382 g/mol. The van der Waals surface area contributed by atoms with Crippen molar-refractivity contribution in [2.24, 2.45) is 0 Å². The lowest BCUT2D eigenvalue weighted by molar-refractivity contribution is 0.102. The lowest BCUT2D eigenvalue weighted by Crippen LogP contribution is -2.43. The standard InChI is InChI=1S/C21H23N7O2/c1-30-21-14(5-4-8-24-21)16-13-25-19(22)18(26-16)20(29)27-15-6-2-3-7-17(15)28-11-9-23-10-12-28/h2-8,13,23H,9-12H2,1H3,(H2,22,25)(H,27,29). The zero-order chi connectivity index (χ0) is 20.9. The number of hydrogen-bond donors (Lipinski definition) is 3. The molecule has 1 aromatic carbocycles. The highest BCUT2D eigenvalue weighted by molar-refractivity contribution is 6.07. The molecule has 4 N–H and O–H groups in total. The molecular formula is C21H23N7O2. The first kappa shape index (κ1) is 19.6. The van der Waals surface area contributed by atoms with Gasteiger partial charge >= 0.3 is 0 Å². The summed E-state index contributed by atoms with van der Waals surface area (Å²) in [5.74, 6) is 0.0260. The van der Waals surface area contributed by atoms with Crippen molar-refractivity contribution in [1.82, 2.24) is 20.3 Å². The second kappa shape index (κ2) is 8.75. The predicted octanol–water partition coefficient (Wildman–Crippen LogP) is 1.79. The first-order valence-corrected chi connectivity index (χ1v) is 9.65. The maximum absolute atomic E-state index is 13.0. The van der Waals surface area contributed by atoms with E-state index in [2.05, 4.69) is 30.5 Å². The molecule has 0 unspecified atom stereocenters. The van der Waals surface area contributed by atoms with E-state index in [1.807, 2.05) is 24.3 Å². The van der Waals surface area contributed by atoms with E-state index in [0.29, 0.717) is 22.8 Å². The topological polar surface area (TPSA) is 118 Å². The number of ether oxygens (including phenoxy) is 1. The van der Waals surface area contributed by atoms with E-state index in [4.69, 9.17) is 10.5 Å². The zero-order valence-corrected chi connectivity index (χ0v) is 16.6. The highest BCUT2D eigenvalue weighted by atomic mass is 16.5. The van der Waals surface area contributed by atoms with Gasteiger partial charge in [0.25, 0.3) is 5.91 Å². The fourth-order valence-electron chi connectivity index (χ4n) is 3.39. The number of carbonyl (C=O) groups is 1. The summed E-state index contributed by atoms with van der Waals surface area (Å²) >= 11 is 0. The second-order valence-corrected chi connectivity index (χ2v) is 6.76. The van der Waals surface area contributed by atoms with Gasteiger partial charge in [-0.1, -0.05) is 12.1 Å². The molecule has 0 bridgehead atoms. The number of anilines is 3. The zero-order valence-electron chi connectivity index (χ0n) is 16.6. The summed E-state index contributed by atoms with van der Waals surface area (Å²) in [6.07, 6.45) is 3.12. The van der Waals surface area contributed by atoms with Crippen LogP contribution in [-0.2, 0) is 0 Å². The monoisotopic (exact) mass is 405 g/mol. The van der Waals surface area contributed by atoms with Gasteiger partial charge in [-0.05, 0) is 24.3 Å². The van der Waals surface area contributed by atoms with Gasteiger partial charge in [0.2, 0.25) is 5.88 Å². The van der Waals surface area contributed by atoms with E-state index in [-0.39, 0.29) is 11.5 Å². The van der Waals surface area contributed by atoms with Crippen LogP contribution >= 0.6 is 0 Å². The number of para-hydroxylation sites is 2. The number of nitrogen functional groups attached to an aromatic ring is 1. The van der Waals surface area contributed by atoms with Gasteiger partial charge in [0.15, 0.2) is 11.5 Å². The van der Waals surface area contributed by atoms with Gasteiger partial charge in [-0.15, -0.1) is 0 Å². The number of hydrogen-bond acceptors (Lipinski definition) is 8. The molecule has 0 radical (unpaired) electrons. The number of nitrogens with two attached hydrogens (primary N) is 1. The molecule has 9 heteroatoms. The summed E-state index contributed by atoms with van der Waals surface area (Å²) in [5, 5.41) is 6.27. The molecule has 1 aliphatic rings. The van der Waals surface area contributed by atoms with Gasteiger partial charge in [0.1, 0.15) is 0 Å². The van der Waals surface area contributed by atoms with Crippen LogP contribution in [0, 0.1) is 0 Å². The molecule has 2 aromatic heterocycles. The molecule has 0 aliphatic carbocycles. The van der Waals surface area contributed by atoms with Gasteiger partial charge in [-0.3, -0.25) is 4.79 Å². The number of amides is 1. The van der Waals surface area contributed by atoms with Crippen LogP contribution in [0.25, 0.3) is 11.3 Å². The summed E-state index contributed by atoms with van der Waals surface area (Å²) in [5.41, 5.74) is 8.77. The number of pyridine rings is 1. The number of carbonyl (C=O) groups excluding carboxylic acids is 1. The molecule has 0 atom stereocenters. The number of methoxy groups -OCH3 is 1. The normalized spacial score (nSPS) is 13.7. The highest BCUT2D eigenvalue weighted by Gasteiger charge is 2.20. The molecule has 3 aromatic rings. The SMILES string of the molecule is COc1ncccc1-c1cnc(N)c(C(=O)Nc2ccccc2N2CCNCC2)n1. The minimum Gasteiger partial charge on any atom is -0.481 e. The van der Waals surface area contributed by atoms with Crippen molar-refractivity contribution >= 4 is 23.1 Å². The molecule has 4 rings (SSSR count). The van der Waals surface area contributed by atoms with Gasteiger partial charge in [-0.25, -0.2) is 15.0 Å². The van der Waals surface area contributed by atoms with Crippen LogP contribution in [-0.4, -0.2) is 54.1 Å². The molecule has 3 heterocycles. The molecule has 1 amide bonds. The van der Waals surface area contributed by atoms with Crippen LogP contribution in [0.1, 0.15) is 10.5 Å². The summed E-state index contributed by atoms with van der Waals surface area (Å²) in [7, 11) is 1.53. The van der Waals surface area contributed by atoms with Gasteiger partial charge in [0.05, 0.1) is 35.9 Å². The molecule has 9 nitrogen and oxygen atoms in total. The third-order valence-corrected chi connectivity index (χ3v) is 4.87. The number of nitrogens with zero attached hydrogens (tertiary/aromatic N) is 4. The number of piperazine rings is 1. The minimum atomic E-state index is -0.424. The van der Waals surface area contributed by atoms with E-state index in [1.54, 1.807) is 18.3 Å². The van der Waals surface area contributed by atoms with E-state index in [9.17, 15) is 4.79 Å². The van der Waals surface area contributed by atoms with Crippen molar-refractivity contribution in [3.8, 4) is 17.1 Å². The highest BCUT2D eigenvalue weighted by Crippen LogP contribution is 2.28. The molecule has 154 valence electrons. The van der Waals surface area contributed by atoms with E-state index >= 15 is 0 Å². The van der Waals surface area contributed by atoms with Crippen molar-refractivity contribution in [2.75, 3.05) is 49.2 Å². The van der Waals surface area contributed by atoms with Crippen molar-refractivity contribution in [3.63, 3.8) is 0 Å². The Kier molecular flexibility index (Phi) is 5.71. The van der Waals surface area contributed by atoms with Gasteiger partial charge < -0.3 is 26.0 Å². The summed E-state index contributed by atoms with van der Waals surface area (Å²) in [6.45, 7) is 3.53. The Morgan fingerprint density at radius 2 is 1.97 bits per heavy atom. The van der Waals surface area contributed by atoms with Crippen LogP contribution in [0.3, 0.4) is 0 Å². The quantitative estimate of drug-likeness (QED) is 0.588. The number of benzene rings is 1. The Morgan fingerprint density at radius 1 is 1.17 bits per heavy atom. The smallest absolute Gasteiger partial charge is 0.278 e. The number of rotatable bonds is 5. The number of aromatic nitrogens is 3. The lowest BCUT2D eigenvalue weighted by Gasteiger charge is -2.31. The fraction of sp³-hybridized carbons (Fsp3) is 0.238.